The van der Waals surface area contributed by atoms with Gasteiger partial charge in [-0.2, -0.15) is 0 Å². The van der Waals surface area contributed by atoms with E-state index in [4.69, 9.17) is 0 Å². The lowest BCUT2D eigenvalue weighted by molar-refractivity contribution is 0.340. The molecule has 1 atom stereocenters. The van der Waals surface area contributed by atoms with Crippen molar-refractivity contribution in [2.75, 3.05) is 13.1 Å². The smallest absolute Gasteiger partial charge is 0.0853 e. The molecule has 1 unspecified atom stereocenters. The lowest BCUT2D eigenvalue weighted by atomic mass is 10.1. The van der Waals surface area contributed by atoms with Gasteiger partial charge in [0, 0.05) is 12.6 Å². The van der Waals surface area contributed by atoms with E-state index in [1.165, 1.54) is 19.3 Å². The first-order valence-corrected chi connectivity index (χ1v) is 4.64. The van der Waals surface area contributed by atoms with Crippen molar-refractivity contribution in [3.05, 3.63) is 0 Å². The largest absolute Gasteiger partial charge is 0.358 e. The van der Waals surface area contributed by atoms with E-state index >= 15 is 0 Å². The van der Waals surface area contributed by atoms with Crippen molar-refractivity contribution in [3.8, 4) is 0 Å². The van der Waals surface area contributed by atoms with E-state index < -0.39 is 0 Å². The van der Waals surface area contributed by atoms with Gasteiger partial charge in [-0.05, 0) is 13.3 Å². The van der Waals surface area contributed by atoms with E-state index in [0.717, 1.165) is 13.1 Å². The Hall–Kier alpha value is -0.530. The molecule has 0 aromatic rings. The van der Waals surface area contributed by atoms with Gasteiger partial charge in [0.25, 0.3) is 0 Å². The summed E-state index contributed by atoms with van der Waals surface area (Å²) in [6, 6.07) is 0.708. The highest BCUT2D eigenvalue weighted by molar-refractivity contribution is 5.57. The lowest BCUT2D eigenvalue weighted by Crippen LogP contribution is -2.31. The van der Waals surface area contributed by atoms with Gasteiger partial charge in [-0.15, -0.1) is 0 Å². The van der Waals surface area contributed by atoms with Crippen LogP contribution in [0, 0.1) is 0 Å². The topological polar surface area (TPSA) is 15.6 Å². The van der Waals surface area contributed by atoms with Gasteiger partial charge in [0.2, 0.25) is 0 Å². The molecule has 0 bridgehead atoms. The van der Waals surface area contributed by atoms with Crippen LogP contribution in [0.4, 0.5) is 0 Å². The fraction of sp³-hybridized carbons (Fsp3) is 0.889. The quantitative estimate of drug-likeness (QED) is 0.604. The first-order chi connectivity index (χ1) is 5.38. The molecule has 2 heteroatoms. The van der Waals surface area contributed by atoms with Crippen LogP contribution in [0.2, 0.25) is 0 Å². The maximum Gasteiger partial charge on any atom is 0.0853 e. The summed E-state index contributed by atoms with van der Waals surface area (Å²) in [5.74, 6) is 0. The number of hydrogen-bond acceptors (Lipinski definition) is 2. The van der Waals surface area contributed by atoms with E-state index in [2.05, 4.69) is 23.7 Å². The van der Waals surface area contributed by atoms with Crippen LogP contribution >= 0.6 is 0 Å². The molecule has 0 spiro atoms. The molecule has 0 aromatic heterocycles. The van der Waals surface area contributed by atoms with E-state index in [0.29, 0.717) is 6.04 Å². The first kappa shape index (κ1) is 8.57. The molecule has 0 aliphatic carbocycles. The fourth-order valence-electron chi connectivity index (χ4n) is 1.51. The summed E-state index contributed by atoms with van der Waals surface area (Å²) >= 11 is 0. The molecular weight excluding hydrogens is 136 g/mol. The molecule has 64 valence electrons. The molecule has 0 saturated carbocycles. The van der Waals surface area contributed by atoms with Gasteiger partial charge in [0.15, 0.2) is 0 Å². The van der Waals surface area contributed by atoms with Crippen LogP contribution in [0.1, 0.15) is 33.1 Å². The predicted octanol–water partition coefficient (Wildman–Crippen LogP) is 1.91. The van der Waals surface area contributed by atoms with E-state index in [-0.39, 0.29) is 0 Å². The summed E-state index contributed by atoms with van der Waals surface area (Å²) < 4.78 is 0. The highest BCUT2D eigenvalue weighted by Gasteiger charge is 2.17. The second-order valence-electron chi connectivity index (χ2n) is 3.11. The second kappa shape index (κ2) is 4.37. The number of unbranched alkanes of at least 4 members (excludes halogenated alkanes) is 1. The number of rotatable bonds is 4. The zero-order valence-corrected chi connectivity index (χ0v) is 7.58. The molecular formula is C9H18N2. The molecule has 0 radical (unpaired) electrons. The Labute approximate surface area is 69.3 Å². The molecule has 1 heterocycles. The van der Waals surface area contributed by atoms with Crippen molar-refractivity contribution in [1.29, 1.82) is 0 Å². The predicted molar refractivity (Wildman–Crippen MR) is 49.1 cm³/mol. The summed E-state index contributed by atoms with van der Waals surface area (Å²) in [6.07, 6.45) is 5.95. The molecule has 0 N–H and O–H groups in total. The normalized spacial score (nSPS) is 23.1. The SMILES string of the molecule is CCCCC1CN=CN1CC. The van der Waals surface area contributed by atoms with Crippen molar-refractivity contribution in [1.82, 2.24) is 4.90 Å². The van der Waals surface area contributed by atoms with Crippen molar-refractivity contribution in [2.24, 2.45) is 4.99 Å². The Bertz CT molecular complexity index is 132. The van der Waals surface area contributed by atoms with Crippen LogP contribution in [0.3, 0.4) is 0 Å². The van der Waals surface area contributed by atoms with Crippen LogP contribution in [0.5, 0.6) is 0 Å². The van der Waals surface area contributed by atoms with Crippen molar-refractivity contribution in [3.63, 3.8) is 0 Å². The van der Waals surface area contributed by atoms with E-state index in [9.17, 15) is 0 Å². The summed E-state index contributed by atoms with van der Waals surface area (Å²) in [7, 11) is 0. The Balaban J connectivity index is 2.23. The molecule has 1 aliphatic heterocycles. The second-order valence-corrected chi connectivity index (χ2v) is 3.11. The van der Waals surface area contributed by atoms with E-state index in [1.807, 2.05) is 6.34 Å². The minimum absolute atomic E-state index is 0.708. The molecule has 0 saturated heterocycles. The Kier molecular flexibility index (Phi) is 3.40. The summed E-state index contributed by atoms with van der Waals surface area (Å²) in [5.41, 5.74) is 0. The van der Waals surface area contributed by atoms with Crippen molar-refractivity contribution >= 4 is 6.34 Å². The first-order valence-electron chi connectivity index (χ1n) is 4.64. The number of likely N-dealkylation sites (N-methyl/N-ethyl adjacent to an activating group) is 1. The molecule has 1 aliphatic rings. The third-order valence-corrected chi connectivity index (χ3v) is 2.27. The minimum atomic E-state index is 0.708. The van der Waals surface area contributed by atoms with Gasteiger partial charge in [-0.25, -0.2) is 0 Å². The maximum absolute atomic E-state index is 4.27. The van der Waals surface area contributed by atoms with Crippen LogP contribution in [-0.2, 0) is 0 Å². The van der Waals surface area contributed by atoms with Gasteiger partial charge >= 0.3 is 0 Å². The van der Waals surface area contributed by atoms with Crippen LogP contribution < -0.4 is 0 Å². The molecule has 1 rings (SSSR count). The van der Waals surface area contributed by atoms with E-state index in [1.54, 1.807) is 0 Å². The van der Waals surface area contributed by atoms with Gasteiger partial charge in [0.05, 0.1) is 12.9 Å². The minimum Gasteiger partial charge on any atom is -0.358 e. The fourth-order valence-corrected chi connectivity index (χ4v) is 1.51. The third kappa shape index (κ3) is 2.21. The maximum atomic E-state index is 4.27. The molecule has 0 amide bonds. The Morgan fingerprint density at radius 3 is 3.00 bits per heavy atom. The zero-order valence-electron chi connectivity index (χ0n) is 7.58. The van der Waals surface area contributed by atoms with Gasteiger partial charge < -0.3 is 4.90 Å². The van der Waals surface area contributed by atoms with Gasteiger partial charge in [0.1, 0.15) is 0 Å². The van der Waals surface area contributed by atoms with Crippen LogP contribution in [0.25, 0.3) is 0 Å². The standard InChI is InChI=1S/C9H18N2/c1-3-5-6-9-7-10-8-11(9)4-2/h8-9H,3-7H2,1-2H3. The number of hydrogen-bond donors (Lipinski definition) is 0. The van der Waals surface area contributed by atoms with Crippen LogP contribution in [0.15, 0.2) is 4.99 Å². The van der Waals surface area contributed by atoms with Gasteiger partial charge in [-0.1, -0.05) is 19.8 Å². The average molecular weight is 154 g/mol. The Morgan fingerprint density at radius 1 is 1.55 bits per heavy atom. The van der Waals surface area contributed by atoms with Crippen molar-refractivity contribution < 1.29 is 0 Å². The number of nitrogens with zero attached hydrogens (tertiary/aromatic N) is 2. The highest BCUT2D eigenvalue weighted by atomic mass is 15.2. The average Bonchev–Trinajstić information content (AvgIpc) is 2.47. The molecule has 2 nitrogen and oxygen atoms in total. The third-order valence-electron chi connectivity index (χ3n) is 2.27. The monoisotopic (exact) mass is 154 g/mol. The Morgan fingerprint density at radius 2 is 2.36 bits per heavy atom. The van der Waals surface area contributed by atoms with Crippen molar-refractivity contribution in [2.45, 2.75) is 39.2 Å². The zero-order chi connectivity index (χ0) is 8.10. The number of aliphatic imine (C=N–C) groups is 1. The molecule has 0 fully saturated rings. The van der Waals surface area contributed by atoms with Crippen LogP contribution in [-0.4, -0.2) is 30.4 Å². The summed E-state index contributed by atoms with van der Waals surface area (Å²) in [6.45, 7) is 6.56. The highest BCUT2D eigenvalue weighted by Crippen LogP contribution is 2.11. The molecule has 0 aromatic carbocycles. The summed E-state index contributed by atoms with van der Waals surface area (Å²) in [4.78, 5) is 6.61. The van der Waals surface area contributed by atoms with Gasteiger partial charge in [-0.3, -0.25) is 4.99 Å². The summed E-state index contributed by atoms with van der Waals surface area (Å²) in [5, 5.41) is 0. The molecule has 11 heavy (non-hydrogen) atoms. The lowest BCUT2D eigenvalue weighted by Gasteiger charge is -2.21.